The van der Waals surface area contributed by atoms with E-state index in [1.165, 1.54) is 11.9 Å². The van der Waals surface area contributed by atoms with Gasteiger partial charge in [0.1, 0.15) is 5.75 Å². The van der Waals surface area contributed by atoms with Crippen molar-refractivity contribution in [3.05, 3.63) is 29.3 Å². The Hall–Kier alpha value is -1.23. The van der Waals surface area contributed by atoms with Crippen LogP contribution >= 0.6 is 24.0 Å². The molecule has 1 aromatic rings. The van der Waals surface area contributed by atoms with Gasteiger partial charge in [-0.2, -0.15) is 13.2 Å². The second-order valence-electron chi connectivity index (χ2n) is 5.96. The molecule has 0 saturated carbocycles. The molecule has 0 saturated heterocycles. The van der Waals surface area contributed by atoms with Crippen LogP contribution in [0.25, 0.3) is 0 Å². The van der Waals surface area contributed by atoms with E-state index in [9.17, 15) is 13.2 Å². The molecule has 1 unspecified atom stereocenters. The van der Waals surface area contributed by atoms with Gasteiger partial charge >= 0.3 is 6.18 Å². The van der Waals surface area contributed by atoms with Crippen LogP contribution in [0, 0.1) is 6.92 Å². The number of alkyl halides is 3. The van der Waals surface area contributed by atoms with E-state index in [0.29, 0.717) is 12.5 Å². The number of aryl methyl sites for hydroxylation is 1. The van der Waals surface area contributed by atoms with Crippen LogP contribution in [0.3, 0.4) is 0 Å². The summed E-state index contributed by atoms with van der Waals surface area (Å²) in [6.45, 7) is 3.64. The summed E-state index contributed by atoms with van der Waals surface area (Å²) in [6.07, 6.45) is -4.19. The minimum absolute atomic E-state index is 0. The number of aliphatic imine (C=N–C) groups is 1. The number of rotatable bonds is 7. The first-order valence-electron chi connectivity index (χ1n) is 8.03. The second-order valence-corrected chi connectivity index (χ2v) is 5.96. The maximum atomic E-state index is 12.3. The standard InChI is InChI=1S/C17H27F3N4O.HI/c1-12-6-7-15(25-5)14(10-12)13(2)23-16(21-3)22-8-9-24(4)11-17(18,19)20;/h6-7,10,13H,8-9,11H2,1-5H3,(H2,21,22,23);1H. The van der Waals surface area contributed by atoms with Crippen LogP contribution in [-0.4, -0.2) is 57.9 Å². The largest absolute Gasteiger partial charge is 0.496 e. The van der Waals surface area contributed by atoms with Crippen molar-refractivity contribution in [3.8, 4) is 5.75 Å². The molecule has 0 fully saturated rings. The Morgan fingerprint density at radius 2 is 2.00 bits per heavy atom. The zero-order valence-electron chi connectivity index (χ0n) is 15.8. The van der Waals surface area contributed by atoms with Crippen molar-refractivity contribution in [1.29, 1.82) is 0 Å². The molecule has 2 N–H and O–H groups in total. The van der Waals surface area contributed by atoms with Crippen LogP contribution in [0.15, 0.2) is 23.2 Å². The molecular weight excluding hydrogens is 460 g/mol. The van der Waals surface area contributed by atoms with Crippen molar-refractivity contribution in [2.24, 2.45) is 4.99 Å². The summed E-state index contributed by atoms with van der Waals surface area (Å²) in [7, 11) is 4.67. The number of benzene rings is 1. The van der Waals surface area contributed by atoms with E-state index in [4.69, 9.17) is 4.74 Å². The number of hydrogen-bond acceptors (Lipinski definition) is 3. The highest BCUT2D eigenvalue weighted by Crippen LogP contribution is 2.25. The van der Waals surface area contributed by atoms with Gasteiger partial charge in [0.2, 0.25) is 0 Å². The van der Waals surface area contributed by atoms with Crippen LogP contribution in [0.1, 0.15) is 24.1 Å². The van der Waals surface area contributed by atoms with Crippen molar-refractivity contribution in [1.82, 2.24) is 15.5 Å². The lowest BCUT2D eigenvalue weighted by Crippen LogP contribution is -2.43. The fourth-order valence-electron chi connectivity index (χ4n) is 2.42. The smallest absolute Gasteiger partial charge is 0.401 e. The predicted octanol–water partition coefficient (Wildman–Crippen LogP) is 3.34. The molecule has 0 spiro atoms. The fourth-order valence-corrected chi connectivity index (χ4v) is 2.42. The number of ether oxygens (including phenoxy) is 1. The molecule has 5 nitrogen and oxygen atoms in total. The van der Waals surface area contributed by atoms with Gasteiger partial charge in [-0.05, 0) is 27.0 Å². The molecule has 0 bridgehead atoms. The quantitative estimate of drug-likeness (QED) is 0.351. The van der Waals surface area contributed by atoms with E-state index in [1.807, 2.05) is 32.0 Å². The van der Waals surface area contributed by atoms with Gasteiger partial charge < -0.3 is 15.4 Å². The van der Waals surface area contributed by atoms with Crippen molar-refractivity contribution in [3.63, 3.8) is 0 Å². The maximum Gasteiger partial charge on any atom is 0.401 e. The van der Waals surface area contributed by atoms with Gasteiger partial charge in [0.15, 0.2) is 5.96 Å². The Kier molecular flexibility index (Phi) is 10.9. The summed E-state index contributed by atoms with van der Waals surface area (Å²) in [5.41, 5.74) is 2.10. The molecule has 0 aliphatic carbocycles. The van der Waals surface area contributed by atoms with Crippen molar-refractivity contribution >= 4 is 29.9 Å². The molecule has 0 radical (unpaired) electrons. The molecule has 1 atom stereocenters. The van der Waals surface area contributed by atoms with Gasteiger partial charge in [0.25, 0.3) is 0 Å². The molecular formula is C17H28F3IN4O. The molecule has 0 aliphatic rings. The second kappa shape index (κ2) is 11.5. The maximum absolute atomic E-state index is 12.3. The van der Waals surface area contributed by atoms with Gasteiger partial charge in [-0.15, -0.1) is 24.0 Å². The van der Waals surface area contributed by atoms with E-state index in [-0.39, 0.29) is 36.6 Å². The number of halogens is 4. The first-order valence-corrected chi connectivity index (χ1v) is 8.03. The van der Waals surface area contributed by atoms with Crippen LogP contribution in [0.4, 0.5) is 13.2 Å². The normalized spacial score (nSPS) is 13.2. The van der Waals surface area contributed by atoms with Gasteiger partial charge in [-0.3, -0.25) is 9.89 Å². The minimum atomic E-state index is -4.19. The molecule has 26 heavy (non-hydrogen) atoms. The van der Waals surface area contributed by atoms with Crippen molar-refractivity contribution in [2.45, 2.75) is 26.1 Å². The Balaban J connectivity index is 0.00000625. The van der Waals surface area contributed by atoms with E-state index in [2.05, 4.69) is 15.6 Å². The third-order valence-electron chi connectivity index (χ3n) is 3.66. The number of methoxy groups -OCH3 is 1. The third-order valence-corrected chi connectivity index (χ3v) is 3.66. The number of nitrogens with zero attached hydrogens (tertiary/aromatic N) is 2. The average molecular weight is 488 g/mol. The highest BCUT2D eigenvalue weighted by molar-refractivity contribution is 14.0. The molecule has 0 aliphatic heterocycles. The summed E-state index contributed by atoms with van der Waals surface area (Å²) in [5, 5.41) is 6.25. The predicted molar refractivity (Wildman–Crippen MR) is 110 cm³/mol. The lowest BCUT2D eigenvalue weighted by molar-refractivity contribution is -0.142. The van der Waals surface area contributed by atoms with E-state index < -0.39 is 12.7 Å². The van der Waals surface area contributed by atoms with Crippen molar-refractivity contribution in [2.75, 3.05) is 40.8 Å². The lowest BCUT2D eigenvalue weighted by atomic mass is 10.0. The van der Waals surface area contributed by atoms with Gasteiger partial charge in [-0.1, -0.05) is 17.7 Å². The average Bonchev–Trinajstić information content (AvgIpc) is 2.51. The molecule has 1 aromatic carbocycles. The molecule has 150 valence electrons. The first-order chi connectivity index (χ1) is 11.7. The summed E-state index contributed by atoms with van der Waals surface area (Å²) in [6, 6.07) is 5.83. The topological polar surface area (TPSA) is 48.9 Å². The van der Waals surface area contributed by atoms with Crippen molar-refractivity contribution < 1.29 is 17.9 Å². The van der Waals surface area contributed by atoms with E-state index in [0.717, 1.165) is 16.9 Å². The minimum Gasteiger partial charge on any atom is -0.496 e. The van der Waals surface area contributed by atoms with Crippen LogP contribution in [-0.2, 0) is 0 Å². The Bertz CT molecular complexity index is 582. The summed E-state index contributed by atoms with van der Waals surface area (Å²) in [4.78, 5) is 5.33. The molecule has 1 rings (SSSR count). The highest BCUT2D eigenvalue weighted by Gasteiger charge is 2.28. The van der Waals surface area contributed by atoms with Crippen LogP contribution in [0.5, 0.6) is 5.75 Å². The summed E-state index contributed by atoms with van der Waals surface area (Å²) in [5.74, 6) is 1.29. The first kappa shape index (κ1) is 24.8. The van der Waals surface area contributed by atoms with Crippen LogP contribution in [0.2, 0.25) is 0 Å². The zero-order chi connectivity index (χ0) is 19.0. The lowest BCUT2D eigenvalue weighted by Gasteiger charge is -2.22. The van der Waals surface area contributed by atoms with Gasteiger partial charge in [0, 0.05) is 25.7 Å². The fraction of sp³-hybridized carbons (Fsp3) is 0.588. The monoisotopic (exact) mass is 488 g/mol. The van der Waals surface area contributed by atoms with Gasteiger partial charge in [0.05, 0.1) is 19.7 Å². The Morgan fingerprint density at radius 3 is 2.54 bits per heavy atom. The Labute approximate surface area is 170 Å². The van der Waals surface area contributed by atoms with Crippen LogP contribution < -0.4 is 15.4 Å². The number of nitrogens with one attached hydrogen (secondary N) is 2. The van der Waals surface area contributed by atoms with E-state index >= 15 is 0 Å². The number of likely N-dealkylation sites (N-methyl/N-ethyl adjacent to an activating group) is 1. The number of guanidine groups is 1. The Morgan fingerprint density at radius 1 is 1.35 bits per heavy atom. The molecule has 0 aromatic heterocycles. The highest BCUT2D eigenvalue weighted by atomic mass is 127. The summed E-state index contributed by atoms with van der Waals surface area (Å²) < 4.78 is 42.3. The third kappa shape index (κ3) is 8.93. The molecule has 9 heteroatoms. The molecule has 0 amide bonds. The summed E-state index contributed by atoms with van der Waals surface area (Å²) >= 11 is 0. The molecule has 0 heterocycles. The zero-order valence-corrected chi connectivity index (χ0v) is 18.1. The van der Waals surface area contributed by atoms with E-state index in [1.54, 1.807) is 14.2 Å². The van der Waals surface area contributed by atoms with Gasteiger partial charge in [-0.25, -0.2) is 0 Å². The SMILES string of the molecule is CN=C(NCCN(C)CC(F)(F)F)NC(C)c1cc(C)ccc1OC.I. The number of hydrogen-bond donors (Lipinski definition) is 2.